The van der Waals surface area contributed by atoms with Crippen LogP contribution in [0.3, 0.4) is 0 Å². The van der Waals surface area contributed by atoms with Crippen LogP contribution >= 0.6 is 15.9 Å². The van der Waals surface area contributed by atoms with E-state index >= 15 is 0 Å². The first-order chi connectivity index (χ1) is 13.0. The zero-order valence-electron chi connectivity index (χ0n) is 14.7. The number of nitrogens with one attached hydrogen (secondary N) is 1. The number of carbonyl (C=O) groups excluding carboxylic acids is 2. The van der Waals surface area contributed by atoms with E-state index < -0.39 is 24.2 Å². The molecule has 2 atom stereocenters. The Balaban J connectivity index is 1.81. The number of alkyl carbamates (subject to hydrolysis) is 1. The summed E-state index contributed by atoms with van der Waals surface area (Å²) in [4.78, 5) is 24.3. The molecule has 8 heteroatoms. The zero-order valence-corrected chi connectivity index (χ0v) is 16.3. The van der Waals surface area contributed by atoms with Crippen LogP contribution in [0.2, 0.25) is 0 Å². The Morgan fingerprint density at radius 1 is 1.15 bits per heavy atom. The minimum Gasteiger partial charge on any atom is -0.493 e. The molecule has 0 saturated carbocycles. The van der Waals surface area contributed by atoms with Crippen molar-refractivity contribution < 1.29 is 28.5 Å². The third kappa shape index (κ3) is 4.16. The molecular weight excluding hydrogens is 418 g/mol. The molecule has 0 radical (unpaired) electrons. The molecule has 3 rings (SSSR count). The van der Waals surface area contributed by atoms with Gasteiger partial charge in [-0.1, -0.05) is 46.3 Å². The molecule has 1 saturated heterocycles. The van der Waals surface area contributed by atoms with Crippen LogP contribution in [-0.4, -0.2) is 32.3 Å². The van der Waals surface area contributed by atoms with Crippen LogP contribution in [0.5, 0.6) is 11.5 Å². The molecule has 2 unspecified atom stereocenters. The summed E-state index contributed by atoms with van der Waals surface area (Å²) in [5.74, 6) is 0.375. The molecule has 2 aromatic rings. The van der Waals surface area contributed by atoms with Crippen molar-refractivity contribution in [3.05, 3.63) is 58.1 Å². The number of carbonyl (C=O) groups is 2. The summed E-state index contributed by atoms with van der Waals surface area (Å²) in [7, 11) is 3.02. The largest absolute Gasteiger partial charge is 0.493 e. The standard InChI is InChI=1S/C19H18BrNO6/c1-24-14-8-12(13(20)9-15(14)25-2)17-16(21-19(23)27-17)18(22)26-10-11-6-4-3-5-7-11/h3-9,16-17H,10H2,1-2H3,(H,21,23). The summed E-state index contributed by atoms with van der Waals surface area (Å²) in [5.41, 5.74) is 1.41. The van der Waals surface area contributed by atoms with Gasteiger partial charge in [-0.15, -0.1) is 0 Å². The van der Waals surface area contributed by atoms with Crippen molar-refractivity contribution in [3.63, 3.8) is 0 Å². The Kier molecular flexibility index (Phi) is 5.85. The van der Waals surface area contributed by atoms with Crippen LogP contribution in [-0.2, 0) is 20.9 Å². The van der Waals surface area contributed by atoms with E-state index in [2.05, 4.69) is 21.2 Å². The third-order valence-electron chi connectivity index (χ3n) is 4.10. The van der Waals surface area contributed by atoms with Crippen LogP contribution in [0.1, 0.15) is 17.2 Å². The van der Waals surface area contributed by atoms with Gasteiger partial charge in [0.15, 0.2) is 23.6 Å². The maximum absolute atomic E-state index is 12.5. The van der Waals surface area contributed by atoms with Gasteiger partial charge in [0, 0.05) is 10.0 Å². The minimum absolute atomic E-state index is 0.103. The lowest BCUT2D eigenvalue weighted by Crippen LogP contribution is -2.37. The Hall–Kier alpha value is -2.74. The number of halogens is 1. The molecule has 27 heavy (non-hydrogen) atoms. The lowest BCUT2D eigenvalue weighted by Gasteiger charge is -2.19. The number of esters is 1. The second-order valence-corrected chi connectivity index (χ2v) is 6.62. The van der Waals surface area contributed by atoms with E-state index in [1.54, 1.807) is 12.1 Å². The van der Waals surface area contributed by atoms with Crippen molar-refractivity contribution in [2.24, 2.45) is 0 Å². The number of hydrogen-bond donors (Lipinski definition) is 1. The highest BCUT2D eigenvalue weighted by Gasteiger charge is 2.42. The van der Waals surface area contributed by atoms with Crippen molar-refractivity contribution in [3.8, 4) is 11.5 Å². The molecule has 0 aliphatic carbocycles. The van der Waals surface area contributed by atoms with Crippen molar-refractivity contribution in [1.29, 1.82) is 0 Å². The molecule has 1 aliphatic heterocycles. The highest BCUT2D eigenvalue weighted by atomic mass is 79.9. The van der Waals surface area contributed by atoms with Gasteiger partial charge in [0.1, 0.15) is 6.61 Å². The highest BCUT2D eigenvalue weighted by molar-refractivity contribution is 9.10. The molecule has 0 bridgehead atoms. The van der Waals surface area contributed by atoms with E-state index in [1.807, 2.05) is 30.3 Å². The van der Waals surface area contributed by atoms with Crippen LogP contribution in [0.15, 0.2) is 46.9 Å². The molecule has 142 valence electrons. The molecular formula is C19H18BrNO6. The minimum atomic E-state index is -0.976. The average Bonchev–Trinajstić information content (AvgIpc) is 3.08. The quantitative estimate of drug-likeness (QED) is 0.700. The molecule has 1 heterocycles. The third-order valence-corrected chi connectivity index (χ3v) is 4.78. The fourth-order valence-corrected chi connectivity index (χ4v) is 3.30. The van der Waals surface area contributed by atoms with Gasteiger partial charge in [-0.25, -0.2) is 9.59 Å². The van der Waals surface area contributed by atoms with E-state index in [0.717, 1.165) is 5.56 Å². The van der Waals surface area contributed by atoms with Crippen LogP contribution < -0.4 is 14.8 Å². The van der Waals surface area contributed by atoms with Gasteiger partial charge < -0.3 is 24.3 Å². The van der Waals surface area contributed by atoms with E-state index in [4.69, 9.17) is 18.9 Å². The first-order valence-electron chi connectivity index (χ1n) is 8.12. The van der Waals surface area contributed by atoms with Gasteiger partial charge in [-0.05, 0) is 17.7 Å². The molecule has 1 N–H and O–H groups in total. The Labute approximate surface area is 164 Å². The second-order valence-electron chi connectivity index (χ2n) is 5.77. The van der Waals surface area contributed by atoms with Gasteiger partial charge >= 0.3 is 12.1 Å². The zero-order chi connectivity index (χ0) is 19.4. The summed E-state index contributed by atoms with van der Waals surface area (Å²) in [6.07, 6.45) is -1.56. The van der Waals surface area contributed by atoms with Crippen molar-refractivity contribution in [2.45, 2.75) is 18.8 Å². The molecule has 1 fully saturated rings. The predicted octanol–water partition coefficient (Wildman–Crippen LogP) is 3.36. The van der Waals surface area contributed by atoms with Gasteiger partial charge in [-0.3, -0.25) is 0 Å². The lowest BCUT2D eigenvalue weighted by atomic mass is 10.0. The number of ether oxygens (including phenoxy) is 4. The summed E-state index contributed by atoms with van der Waals surface area (Å²) in [6, 6.07) is 11.6. The summed E-state index contributed by atoms with van der Waals surface area (Å²) in [6.45, 7) is 0.103. The average molecular weight is 436 g/mol. The Morgan fingerprint density at radius 2 is 1.81 bits per heavy atom. The number of hydrogen-bond acceptors (Lipinski definition) is 6. The van der Waals surface area contributed by atoms with Crippen LogP contribution in [0, 0.1) is 0 Å². The molecule has 0 spiro atoms. The molecule has 7 nitrogen and oxygen atoms in total. The maximum Gasteiger partial charge on any atom is 0.408 e. The summed E-state index contributed by atoms with van der Waals surface area (Å²) in [5, 5.41) is 2.50. The number of benzene rings is 2. The van der Waals surface area contributed by atoms with Gasteiger partial charge in [0.25, 0.3) is 0 Å². The predicted molar refractivity (Wildman–Crippen MR) is 99.6 cm³/mol. The normalized spacial score (nSPS) is 18.4. The fourth-order valence-electron chi connectivity index (χ4n) is 2.75. The van der Waals surface area contributed by atoms with E-state index in [-0.39, 0.29) is 6.61 Å². The smallest absolute Gasteiger partial charge is 0.408 e. The monoisotopic (exact) mass is 435 g/mol. The van der Waals surface area contributed by atoms with Gasteiger partial charge in [0.2, 0.25) is 0 Å². The van der Waals surface area contributed by atoms with Crippen molar-refractivity contribution in [1.82, 2.24) is 5.32 Å². The molecule has 1 aliphatic rings. The molecule has 1 amide bonds. The number of amides is 1. The Morgan fingerprint density at radius 3 is 2.48 bits per heavy atom. The SMILES string of the molecule is COc1cc(Br)c(C2OC(=O)NC2C(=O)OCc2ccccc2)cc1OC. The topological polar surface area (TPSA) is 83.1 Å². The van der Waals surface area contributed by atoms with Gasteiger partial charge in [-0.2, -0.15) is 0 Å². The number of methoxy groups -OCH3 is 2. The maximum atomic E-state index is 12.5. The van der Waals surface area contributed by atoms with E-state index in [1.165, 1.54) is 14.2 Å². The first-order valence-corrected chi connectivity index (χ1v) is 8.92. The van der Waals surface area contributed by atoms with Gasteiger partial charge in [0.05, 0.1) is 14.2 Å². The second kappa shape index (κ2) is 8.30. The molecule has 0 aromatic heterocycles. The van der Waals surface area contributed by atoms with Crippen LogP contribution in [0.25, 0.3) is 0 Å². The lowest BCUT2D eigenvalue weighted by molar-refractivity contribution is -0.148. The summed E-state index contributed by atoms with van der Waals surface area (Å²) >= 11 is 3.43. The number of cyclic esters (lactones) is 1. The highest BCUT2D eigenvalue weighted by Crippen LogP contribution is 2.39. The fraction of sp³-hybridized carbons (Fsp3) is 0.263. The van der Waals surface area contributed by atoms with E-state index in [0.29, 0.717) is 21.5 Å². The van der Waals surface area contributed by atoms with Crippen molar-refractivity contribution >= 4 is 28.0 Å². The number of rotatable bonds is 6. The van der Waals surface area contributed by atoms with Crippen molar-refractivity contribution in [2.75, 3.05) is 14.2 Å². The molecule has 2 aromatic carbocycles. The van der Waals surface area contributed by atoms with E-state index in [9.17, 15) is 9.59 Å². The van der Waals surface area contributed by atoms with Crippen LogP contribution in [0.4, 0.5) is 4.79 Å². The summed E-state index contributed by atoms with van der Waals surface area (Å²) < 4.78 is 21.8. The first kappa shape index (κ1) is 19.0. The Bertz CT molecular complexity index is 842.